The molecule has 0 saturated heterocycles. The number of nitrogens with zero attached hydrogens (tertiary/aromatic N) is 2. The summed E-state index contributed by atoms with van der Waals surface area (Å²) >= 11 is -0.296. The molecule has 2 nitrogen and oxygen atoms in total. The van der Waals surface area contributed by atoms with Crippen LogP contribution in [0.1, 0.15) is 12.8 Å². The van der Waals surface area contributed by atoms with Gasteiger partial charge in [0.1, 0.15) is 0 Å². The Morgan fingerprint density at radius 3 is 1.78 bits per heavy atom. The number of nitriles is 2. The Kier molecular flexibility index (Phi) is 7.59. The van der Waals surface area contributed by atoms with E-state index in [4.69, 9.17) is 10.5 Å². The predicted molar refractivity (Wildman–Crippen MR) is 35.8 cm³/mol. The molecule has 0 rings (SSSR count). The van der Waals surface area contributed by atoms with E-state index < -0.39 is 0 Å². The molecule has 46 valence electrons. The van der Waals surface area contributed by atoms with Gasteiger partial charge in [0.25, 0.3) is 0 Å². The van der Waals surface area contributed by atoms with Gasteiger partial charge in [-0.2, -0.15) is 0 Å². The first kappa shape index (κ1) is 8.78. The Morgan fingerprint density at radius 2 is 1.44 bits per heavy atom. The summed E-state index contributed by atoms with van der Waals surface area (Å²) in [6, 6.07) is 4.21. The van der Waals surface area contributed by atoms with Crippen molar-refractivity contribution in [3.05, 3.63) is 0 Å². The molecule has 0 aromatic carbocycles. The summed E-state index contributed by atoms with van der Waals surface area (Å²) in [6.07, 6.45) is 1.41. The zero-order chi connectivity index (χ0) is 6.95. The predicted octanol–water partition coefficient (Wildman–Crippen LogP) is 1.35. The second-order valence-electron chi connectivity index (χ2n) is 1.57. The minimum atomic E-state index is -0.296. The van der Waals surface area contributed by atoms with Crippen molar-refractivity contribution >= 4 is 21.1 Å². The van der Waals surface area contributed by atoms with Crippen molar-refractivity contribution in [2.75, 3.05) is 0 Å². The quantitative estimate of drug-likeness (QED) is 0.537. The van der Waals surface area contributed by atoms with Crippen molar-refractivity contribution in [3.63, 3.8) is 0 Å². The van der Waals surface area contributed by atoms with Crippen molar-refractivity contribution in [2.45, 2.75) is 21.7 Å². The molecular formula is C6H8N2Sn. The second kappa shape index (κ2) is 7.78. The van der Waals surface area contributed by atoms with E-state index in [9.17, 15) is 0 Å². The second-order valence-corrected chi connectivity index (χ2v) is 5.85. The molecule has 0 aliphatic rings. The van der Waals surface area contributed by atoms with Gasteiger partial charge < -0.3 is 0 Å². The number of hydrogen-bond acceptors (Lipinski definition) is 2. The Labute approximate surface area is 65.7 Å². The third-order valence-electron chi connectivity index (χ3n) is 0.827. The summed E-state index contributed by atoms with van der Waals surface area (Å²) in [4.78, 5) is 0. The topological polar surface area (TPSA) is 47.6 Å². The molecule has 0 fully saturated rings. The third-order valence-corrected chi connectivity index (χ3v) is 4.27. The van der Waals surface area contributed by atoms with Crippen LogP contribution in [-0.4, -0.2) is 21.1 Å². The van der Waals surface area contributed by atoms with Crippen molar-refractivity contribution in [1.82, 2.24) is 0 Å². The van der Waals surface area contributed by atoms with Gasteiger partial charge in [-0.05, 0) is 0 Å². The molecule has 3 heteroatoms. The molecule has 0 spiro atoms. The fourth-order valence-electron chi connectivity index (χ4n) is 0.414. The summed E-state index contributed by atoms with van der Waals surface area (Å²) in [5.41, 5.74) is 0. The molecule has 0 saturated carbocycles. The van der Waals surface area contributed by atoms with Crippen molar-refractivity contribution in [1.29, 1.82) is 10.5 Å². The molecule has 0 unspecified atom stereocenters. The molecule has 9 heavy (non-hydrogen) atoms. The Hall–Kier alpha value is -0.221. The van der Waals surface area contributed by atoms with Crippen LogP contribution in [0.3, 0.4) is 0 Å². The fourth-order valence-corrected chi connectivity index (χ4v) is 2.77. The van der Waals surface area contributed by atoms with Crippen LogP contribution in [0.5, 0.6) is 0 Å². The van der Waals surface area contributed by atoms with Gasteiger partial charge in [-0.25, -0.2) is 0 Å². The zero-order valence-electron chi connectivity index (χ0n) is 5.22. The molecule has 2 radical (unpaired) electrons. The maximum atomic E-state index is 8.13. The number of hydrogen-bond donors (Lipinski definition) is 0. The van der Waals surface area contributed by atoms with Crippen LogP contribution in [0.15, 0.2) is 0 Å². The average molecular weight is 227 g/mol. The number of rotatable bonds is 4. The zero-order valence-corrected chi connectivity index (χ0v) is 8.08. The summed E-state index contributed by atoms with van der Waals surface area (Å²) in [7, 11) is 0. The van der Waals surface area contributed by atoms with Crippen LogP contribution < -0.4 is 0 Å². The normalized spacial score (nSPS) is 7.78. The van der Waals surface area contributed by atoms with Gasteiger partial charge >= 0.3 is 65.5 Å². The molecule has 0 aromatic rings. The molecule has 0 bridgehead atoms. The van der Waals surface area contributed by atoms with Crippen LogP contribution in [-0.2, 0) is 0 Å². The molecule has 0 aliphatic heterocycles. The van der Waals surface area contributed by atoms with E-state index in [-0.39, 0.29) is 21.1 Å². The van der Waals surface area contributed by atoms with Gasteiger partial charge in [0.05, 0.1) is 0 Å². The molecule has 0 aliphatic carbocycles. The molecule has 0 aromatic heterocycles. The molecule has 0 amide bonds. The molecule has 0 atom stereocenters. The van der Waals surface area contributed by atoms with Crippen LogP contribution in [0, 0.1) is 22.7 Å². The Bertz CT molecular complexity index is 115. The van der Waals surface area contributed by atoms with E-state index >= 15 is 0 Å². The van der Waals surface area contributed by atoms with Crippen molar-refractivity contribution in [3.8, 4) is 12.1 Å². The molecule has 0 heterocycles. The van der Waals surface area contributed by atoms with E-state index in [1.54, 1.807) is 0 Å². The van der Waals surface area contributed by atoms with Crippen molar-refractivity contribution in [2.24, 2.45) is 0 Å². The van der Waals surface area contributed by atoms with Crippen LogP contribution >= 0.6 is 0 Å². The summed E-state index contributed by atoms with van der Waals surface area (Å²) in [5.74, 6) is 0. The fraction of sp³-hybridized carbons (Fsp3) is 0.667. The first-order valence-corrected chi connectivity index (χ1v) is 6.90. The van der Waals surface area contributed by atoms with E-state index in [1.165, 1.54) is 0 Å². The van der Waals surface area contributed by atoms with E-state index in [1.807, 2.05) is 0 Å². The van der Waals surface area contributed by atoms with E-state index in [0.29, 0.717) is 12.8 Å². The Morgan fingerprint density at radius 1 is 1.00 bits per heavy atom. The summed E-state index contributed by atoms with van der Waals surface area (Å²) in [6.45, 7) is 0. The molecule has 0 N–H and O–H groups in total. The first-order chi connectivity index (χ1) is 4.41. The first-order valence-electron chi connectivity index (χ1n) is 2.86. The van der Waals surface area contributed by atoms with Gasteiger partial charge in [0.15, 0.2) is 0 Å². The van der Waals surface area contributed by atoms with E-state index in [0.717, 1.165) is 8.87 Å². The van der Waals surface area contributed by atoms with Crippen LogP contribution in [0.25, 0.3) is 0 Å². The van der Waals surface area contributed by atoms with Gasteiger partial charge in [-0.1, -0.05) is 0 Å². The van der Waals surface area contributed by atoms with Crippen LogP contribution in [0.4, 0.5) is 0 Å². The SMILES string of the molecule is N#CC[CH2][Sn][CH2]CC#N. The minimum absolute atomic E-state index is 0.296. The van der Waals surface area contributed by atoms with Gasteiger partial charge in [-0.15, -0.1) is 0 Å². The van der Waals surface area contributed by atoms with E-state index in [2.05, 4.69) is 12.1 Å². The summed E-state index contributed by atoms with van der Waals surface area (Å²) < 4.78 is 2.23. The monoisotopic (exact) mass is 228 g/mol. The van der Waals surface area contributed by atoms with Gasteiger partial charge in [0.2, 0.25) is 0 Å². The molecular weight excluding hydrogens is 219 g/mol. The summed E-state index contributed by atoms with van der Waals surface area (Å²) in [5, 5.41) is 16.3. The average Bonchev–Trinajstić information content (AvgIpc) is 1.89. The van der Waals surface area contributed by atoms with Gasteiger partial charge in [0, 0.05) is 0 Å². The van der Waals surface area contributed by atoms with Crippen LogP contribution in [0.2, 0.25) is 8.87 Å². The Balaban J connectivity index is 2.79. The third kappa shape index (κ3) is 7.78. The van der Waals surface area contributed by atoms with Crippen molar-refractivity contribution < 1.29 is 0 Å². The van der Waals surface area contributed by atoms with Gasteiger partial charge in [-0.3, -0.25) is 0 Å². The standard InChI is InChI=1S/2C3H4N.Sn/c2*1-2-3-4;/h2*1-2H2;. The maximum absolute atomic E-state index is 8.13.